The van der Waals surface area contributed by atoms with Gasteiger partial charge >= 0.3 is 0 Å². The van der Waals surface area contributed by atoms with E-state index in [1.807, 2.05) is 0 Å². The lowest BCUT2D eigenvalue weighted by atomic mass is 9.99. The molecule has 2 heterocycles. The van der Waals surface area contributed by atoms with Gasteiger partial charge in [-0.05, 0) is 75.2 Å². The van der Waals surface area contributed by atoms with Crippen molar-refractivity contribution in [1.29, 1.82) is 0 Å². The highest BCUT2D eigenvalue weighted by Crippen LogP contribution is 2.23. The highest BCUT2D eigenvalue weighted by Gasteiger charge is 2.33. The van der Waals surface area contributed by atoms with Crippen LogP contribution >= 0.6 is 0 Å². The van der Waals surface area contributed by atoms with Crippen molar-refractivity contribution in [2.45, 2.75) is 117 Å². The highest BCUT2D eigenvalue weighted by molar-refractivity contribution is 4.89. The summed E-state index contributed by atoms with van der Waals surface area (Å²) in [6.07, 6.45) is 2.64. The van der Waals surface area contributed by atoms with Gasteiger partial charge in [-0.3, -0.25) is 19.6 Å². The van der Waals surface area contributed by atoms with Crippen LogP contribution in [0.15, 0.2) is 0 Å². The fourth-order valence-corrected chi connectivity index (χ4v) is 5.71. The molecule has 0 bridgehead atoms. The molecule has 2 saturated heterocycles. The molecule has 2 unspecified atom stereocenters. The van der Waals surface area contributed by atoms with Crippen molar-refractivity contribution in [3.8, 4) is 0 Å². The van der Waals surface area contributed by atoms with Crippen LogP contribution in [0.1, 0.15) is 75.2 Å². The predicted octanol–water partition coefficient (Wildman–Crippen LogP) is 3.76. The average Bonchev–Trinajstić information content (AvgIpc) is 2.58. The van der Waals surface area contributed by atoms with Crippen molar-refractivity contribution in [2.24, 2.45) is 0 Å². The van der Waals surface area contributed by atoms with Gasteiger partial charge in [0.05, 0.1) is 0 Å². The van der Waals surface area contributed by atoms with Gasteiger partial charge in [0.25, 0.3) is 0 Å². The minimum absolute atomic E-state index is 0.651. The summed E-state index contributed by atoms with van der Waals surface area (Å²) in [5, 5.41) is 0. The summed E-state index contributed by atoms with van der Waals surface area (Å²) in [4.78, 5) is 10.8. The van der Waals surface area contributed by atoms with Crippen molar-refractivity contribution in [3.63, 3.8) is 0 Å². The number of piperazine rings is 2. The van der Waals surface area contributed by atoms with E-state index >= 15 is 0 Å². The van der Waals surface area contributed by atoms with Crippen LogP contribution in [0, 0.1) is 0 Å². The summed E-state index contributed by atoms with van der Waals surface area (Å²) in [5.74, 6) is 0. The van der Waals surface area contributed by atoms with Gasteiger partial charge in [-0.2, -0.15) is 0 Å². The standard InChI is InChI=1S/C23H48N4/c1-17(2)24-12-13-26(21(7)14-24)20(6)11-10-19(5)25-15-22(8)27(18(3)4)23(9)16-25/h17-23H,10-16H2,1-9H3/t19?,20?,21-,22-,23+/m1/s1. The summed E-state index contributed by atoms with van der Waals surface area (Å²) in [6, 6.07) is 4.73. The lowest BCUT2D eigenvalue weighted by molar-refractivity contribution is -0.00445. The van der Waals surface area contributed by atoms with E-state index in [0.717, 1.165) is 0 Å². The van der Waals surface area contributed by atoms with Gasteiger partial charge < -0.3 is 0 Å². The first kappa shape index (κ1) is 23.1. The normalized spacial score (nSPS) is 32.3. The third kappa shape index (κ3) is 5.91. The molecule has 0 aliphatic carbocycles. The van der Waals surface area contributed by atoms with Crippen LogP contribution < -0.4 is 0 Å². The molecule has 2 aliphatic rings. The van der Waals surface area contributed by atoms with E-state index in [4.69, 9.17) is 0 Å². The second-order valence-electron chi connectivity index (χ2n) is 10.1. The lowest BCUT2D eigenvalue weighted by Gasteiger charge is -2.49. The van der Waals surface area contributed by atoms with E-state index in [-0.39, 0.29) is 0 Å². The second kappa shape index (κ2) is 10.0. The van der Waals surface area contributed by atoms with Crippen LogP contribution in [0.5, 0.6) is 0 Å². The van der Waals surface area contributed by atoms with E-state index in [9.17, 15) is 0 Å². The van der Waals surface area contributed by atoms with Gasteiger partial charge in [0.15, 0.2) is 0 Å². The third-order valence-corrected chi connectivity index (χ3v) is 7.24. The molecule has 2 rings (SSSR count). The zero-order chi connectivity index (χ0) is 20.3. The molecule has 4 heteroatoms. The monoisotopic (exact) mass is 380 g/mol. The van der Waals surface area contributed by atoms with Gasteiger partial charge in [-0.15, -0.1) is 0 Å². The molecule has 0 aromatic rings. The lowest BCUT2D eigenvalue weighted by Crippen LogP contribution is -2.60. The van der Waals surface area contributed by atoms with Gasteiger partial charge in [0, 0.05) is 75.0 Å². The van der Waals surface area contributed by atoms with Crippen LogP contribution in [0.25, 0.3) is 0 Å². The zero-order valence-electron chi connectivity index (χ0n) is 19.8. The maximum atomic E-state index is 2.76. The molecule has 0 aromatic carbocycles. The van der Waals surface area contributed by atoms with Crippen LogP contribution in [-0.2, 0) is 0 Å². The summed E-state index contributed by atoms with van der Waals surface area (Å²) in [6.45, 7) is 27.6. The van der Waals surface area contributed by atoms with Gasteiger partial charge in [0.2, 0.25) is 0 Å². The molecule has 160 valence electrons. The Bertz CT molecular complexity index is 426. The molecule has 4 nitrogen and oxygen atoms in total. The Morgan fingerprint density at radius 3 is 1.63 bits per heavy atom. The molecular formula is C23H48N4. The molecule has 27 heavy (non-hydrogen) atoms. The van der Waals surface area contributed by atoms with Crippen molar-refractivity contribution < 1.29 is 0 Å². The Morgan fingerprint density at radius 1 is 0.630 bits per heavy atom. The maximum absolute atomic E-state index is 2.76. The Kier molecular flexibility index (Phi) is 8.60. The van der Waals surface area contributed by atoms with Gasteiger partial charge in [-0.25, -0.2) is 0 Å². The summed E-state index contributed by atoms with van der Waals surface area (Å²) in [5.41, 5.74) is 0. The number of rotatable bonds is 7. The number of hydrogen-bond donors (Lipinski definition) is 0. The van der Waals surface area contributed by atoms with Crippen molar-refractivity contribution >= 4 is 0 Å². The topological polar surface area (TPSA) is 13.0 Å². The minimum Gasteiger partial charge on any atom is -0.298 e. The molecule has 0 spiro atoms. The summed E-state index contributed by atoms with van der Waals surface area (Å²) in [7, 11) is 0. The molecule has 2 aliphatic heterocycles. The fraction of sp³-hybridized carbons (Fsp3) is 1.00. The molecule has 0 radical (unpaired) electrons. The molecule has 0 N–H and O–H groups in total. The van der Waals surface area contributed by atoms with E-state index in [0.29, 0.717) is 42.3 Å². The van der Waals surface area contributed by atoms with Crippen molar-refractivity contribution in [2.75, 3.05) is 32.7 Å². The number of nitrogens with zero attached hydrogens (tertiary/aromatic N) is 4. The molecular weight excluding hydrogens is 332 g/mol. The molecule has 2 fully saturated rings. The zero-order valence-corrected chi connectivity index (χ0v) is 19.8. The van der Waals surface area contributed by atoms with Crippen LogP contribution in [0.3, 0.4) is 0 Å². The first-order valence-corrected chi connectivity index (χ1v) is 11.6. The van der Waals surface area contributed by atoms with Gasteiger partial charge in [-0.1, -0.05) is 0 Å². The molecule has 0 aromatic heterocycles. The Labute approximate surface area is 170 Å². The maximum Gasteiger partial charge on any atom is 0.0201 e. The van der Waals surface area contributed by atoms with Gasteiger partial charge in [0.1, 0.15) is 0 Å². The summed E-state index contributed by atoms with van der Waals surface area (Å²) < 4.78 is 0. The number of hydrogen-bond acceptors (Lipinski definition) is 4. The third-order valence-electron chi connectivity index (χ3n) is 7.24. The average molecular weight is 381 g/mol. The quantitative estimate of drug-likeness (QED) is 0.666. The van der Waals surface area contributed by atoms with E-state index in [2.05, 4.69) is 81.9 Å². The second-order valence-corrected chi connectivity index (χ2v) is 10.1. The largest absolute Gasteiger partial charge is 0.298 e. The molecule has 0 amide bonds. The Balaban J connectivity index is 1.81. The molecule has 5 atom stereocenters. The first-order chi connectivity index (χ1) is 12.6. The Hall–Kier alpha value is -0.160. The van der Waals surface area contributed by atoms with Crippen LogP contribution in [-0.4, -0.2) is 94.6 Å². The first-order valence-electron chi connectivity index (χ1n) is 11.6. The Morgan fingerprint density at radius 2 is 1.15 bits per heavy atom. The van der Waals surface area contributed by atoms with Crippen LogP contribution in [0.2, 0.25) is 0 Å². The molecule has 0 saturated carbocycles. The minimum atomic E-state index is 0.651. The van der Waals surface area contributed by atoms with Crippen LogP contribution in [0.4, 0.5) is 0 Å². The fourth-order valence-electron chi connectivity index (χ4n) is 5.71. The predicted molar refractivity (Wildman–Crippen MR) is 119 cm³/mol. The van der Waals surface area contributed by atoms with E-state index < -0.39 is 0 Å². The van der Waals surface area contributed by atoms with E-state index in [1.54, 1.807) is 0 Å². The SMILES string of the molecule is CC(C)N1CCN(C(C)CCC(C)N2C[C@@H](C)N(C(C)C)[C@@H](C)C2)[C@H](C)C1. The van der Waals surface area contributed by atoms with E-state index in [1.165, 1.54) is 45.6 Å². The van der Waals surface area contributed by atoms with Crippen molar-refractivity contribution in [3.05, 3.63) is 0 Å². The van der Waals surface area contributed by atoms with Crippen molar-refractivity contribution in [1.82, 2.24) is 19.6 Å². The highest BCUT2D eigenvalue weighted by atomic mass is 15.3. The summed E-state index contributed by atoms with van der Waals surface area (Å²) >= 11 is 0. The smallest absolute Gasteiger partial charge is 0.0201 e.